The second kappa shape index (κ2) is 5.54. The standard InChI is InChI=1S/C13H16BrNO2/c1-17-13(16)10-6-8-15(9-7-10)12-5-3-2-4-11(12)14/h2-5,10H,6-9H2,1H3. The molecule has 0 saturated carbocycles. The van der Waals surface area contributed by atoms with Crippen molar-refractivity contribution in [2.75, 3.05) is 25.1 Å². The molecule has 1 fully saturated rings. The highest BCUT2D eigenvalue weighted by Gasteiger charge is 2.26. The van der Waals surface area contributed by atoms with E-state index in [0.717, 1.165) is 30.4 Å². The third-order valence-electron chi connectivity index (χ3n) is 3.22. The number of methoxy groups -OCH3 is 1. The van der Waals surface area contributed by atoms with Crippen molar-refractivity contribution in [3.63, 3.8) is 0 Å². The molecule has 0 N–H and O–H groups in total. The molecule has 0 amide bonds. The van der Waals surface area contributed by atoms with Crippen molar-refractivity contribution >= 4 is 27.6 Å². The van der Waals surface area contributed by atoms with Gasteiger partial charge in [-0.2, -0.15) is 0 Å². The molecule has 1 saturated heterocycles. The summed E-state index contributed by atoms with van der Waals surface area (Å²) in [5.74, 6) is -0.00415. The summed E-state index contributed by atoms with van der Waals surface area (Å²) >= 11 is 3.56. The average molecular weight is 298 g/mol. The Kier molecular flexibility index (Phi) is 4.05. The summed E-state index contributed by atoms with van der Waals surface area (Å²) in [5.41, 5.74) is 1.20. The molecular weight excluding hydrogens is 282 g/mol. The fourth-order valence-corrected chi connectivity index (χ4v) is 2.77. The second-order valence-corrected chi connectivity index (χ2v) is 5.09. The minimum atomic E-state index is -0.0724. The molecule has 2 rings (SSSR count). The predicted octanol–water partition coefficient (Wildman–Crippen LogP) is 2.84. The van der Waals surface area contributed by atoms with E-state index in [0.29, 0.717) is 0 Å². The maximum absolute atomic E-state index is 11.4. The molecule has 0 spiro atoms. The van der Waals surface area contributed by atoms with Crippen LogP contribution in [0, 0.1) is 5.92 Å². The summed E-state index contributed by atoms with van der Waals surface area (Å²) in [6, 6.07) is 8.19. The van der Waals surface area contributed by atoms with Crippen molar-refractivity contribution in [2.45, 2.75) is 12.8 Å². The zero-order valence-corrected chi connectivity index (χ0v) is 11.4. The maximum Gasteiger partial charge on any atom is 0.308 e. The fraction of sp³-hybridized carbons (Fsp3) is 0.462. The molecule has 92 valence electrons. The number of hydrogen-bond donors (Lipinski definition) is 0. The lowest BCUT2D eigenvalue weighted by molar-refractivity contribution is -0.146. The lowest BCUT2D eigenvalue weighted by atomic mass is 9.96. The van der Waals surface area contributed by atoms with E-state index in [1.54, 1.807) is 0 Å². The first kappa shape index (κ1) is 12.4. The zero-order valence-electron chi connectivity index (χ0n) is 9.86. The van der Waals surface area contributed by atoms with Crippen molar-refractivity contribution in [3.05, 3.63) is 28.7 Å². The number of anilines is 1. The Morgan fingerprint density at radius 1 is 1.35 bits per heavy atom. The van der Waals surface area contributed by atoms with Crippen LogP contribution >= 0.6 is 15.9 Å². The van der Waals surface area contributed by atoms with Gasteiger partial charge in [0.25, 0.3) is 0 Å². The van der Waals surface area contributed by atoms with Crippen molar-refractivity contribution in [1.29, 1.82) is 0 Å². The number of hydrogen-bond acceptors (Lipinski definition) is 3. The number of piperidine rings is 1. The smallest absolute Gasteiger partial charge is 0.308 e. The SMILES string of the molecule is COC(=O)C1CCN(c2ccccc2Br)CC1. The van der Waals surface area contributed by atoms with Crippen LogP contribution in [0.5, 0.6) is 0 Å². The number of benzene rings is 1. The van der Waals surface area contributed by atoms with Gasteiger partial charge in [-0.1, -0.05) is 12.1 Å². The highest BCUT2D eigenvalue weighted by Crippen LogP contribution is 2.29. The third-order valence-corrected chi connectivity index (χ3v) is 3.89. The Balaban J connectivity index is 2.00. The summed E-state index contributed by atoms with van der Waals surface area (Å²) in [6.45, 7) is 1.81. The topological polar surface area (TPSA) is 29.5 Å². The van der Waals surface area contributed by atoms with E-state index in [1.165, 1.54) is 12.8 Å². The number of rotatable bonds is 2. The fourth-order valence-electron chi connectivity index (χ4n) is 2.23. The molecule has 1 heterocycles. The van der Waals surface area contributed by atoms with Crippen LogP contribution in [0.15, 0.2) is 28.7 Å². The van der Waals surface area contributed by atoms with Crippen LogP contribution in [0.4, 0.5) is 5.69 Å². The minimum absolute atomic E-state index is 0.0683. The maximum atomic E-state index is 11.4. The first-order valence-corrected chi connectivity index (χ1v) is 6.59. The molecule has 3 nitrogen and oxygen atoms in total. The number of para-hydroxylation sites is 1. The Morgan fingerprint density at radius 2 is 2.00 bits per heavy atom. The van der Waals surface area contributed by atoms with E-state index in [2.05, 4.69) is 26.9 Å². The second-order valence-electron chi connectivity index (χ2n) is 4.24. The zero-order chi connectivity index (χ0) is 12.3. The largest absolute Gasteiger partial charge is 0.469 e. The molecule has 1 aliphatic heterocycles. The Hall–Kier alpha value is -1.03. The summed E-state index contributed by atoms with van der Waals surface area (Å²) in [4.78, 5) is 13.7. The van der Waals surface area contributed by atoms with Crippen LogP contribution in [-0.2, 0) is 9.53 Å². The molecule has 0 aliphatic carbocycles. The number of ether oxygens (including phenoxy) is 1. The molecule has 0 aromatic heterocycles. The lowest BCUT2D eigenvalue weighted by Gasteiger charge is -2.33. The molecule has 1 aromatic carbocycles. The van der Waals surface area contributed by atoms with Gasteiger partial charge < -0.3 is 9.64 Å². The Bertz CT molecular complexity index is 400. The molecule has 4 heteroatoms. The normalized spacial score (nSPS) is 16.9. The lowest BCUT2D eigenvalue weighted by Crippen LogP contribution is -2.36. The van der Waals surface area contributed by atoms with Crippen LogP contribution in [0.1, 0.15) is 12.8 Å². The third kappa shape index (κ3) is 2.80. The summed E-state index contributed by atoms with van der Waals surface area (Å²) in [5, 5.41) is 0. The molecular formula is C13H16BrNO2. The summed E-state index contributed by atoms with van der Waals surface area (Å²) < 4.78 is 5.90. The van der Waals surface area contributed by atoms with E-state index >= 15 is 0 Å². The quantitative estimate of drug-likeness (QED) is 0.786. The van der Waals surface area contributed by atoms with Gasteiger partial charge in [0.15, 0.2) is 0 Å². The number of halogens is 1. The molecule has 0 bridgehead atoms. The Labute approximate surface area is 110 Å². The van der Waals surface area contributed by atoms with Crippen LogP contribution in [-0.4, -0.2) is 26.2 Å². The van der Waals surface area contributed by atoms with Crippen LogP contribution in [0.3, 0.4) is 0 Å². The van der Waals surface area contributed by atoms with Crippen LogP contribution < -0.4 is 4.90 Å². The number of carbonyl (C=O) groups excluding carboxylic acids is 1. The van der Waals surface area contributed by atoms with Gasteiger partial charge in [-0.25, -0.2) is 0 Å². The Morgan fingerprint density at radius 3 is 2.59 bits per heavy atom. The summed E-state index contributed by atoms with van der Waals surface area (Å²) in [6.07, 6.45) is 1.74. The molecule has 0 unspecified atom stereocenters. The van der Waals surface area contributed by atoms with Gasteiger partial charge >= 0.3 is 5.97 Å². The van der Waals surface area contributed by atoms with E-state index in [-0.39, 0.29) is 11.9 Å². The van der Waals surface area contributed by atoms with Crippen molar-refractivity contribution in [3.8, 4) is 0 Å². The minimum Gasteiger partial charge on any atom is -0.469 e. The van der Waals surface area contributed by atoms with E-state index in [4.69, 9.17) is 4.74 Å². The molecule has 1 aliphatic rings. The predicted molar refractivity (Wildman–Crippen MR) is 71.1 cm³/mol. The van der Waals surface area contributed by atoms with E-state index < -0.39 is 0 Å². The average Bonchev–Trinajstić information content (AvgIpc) is 2.39. The van der Waals surface area contributed by atoms with Crippen LogP contribution in [0.2, 0.25) is 0 Å². The first-order chi connectivity index (χ1) is 8.22. The van der Waals surface area contributed by atoms with Crippen molar-refractivity contribution in [1.82, 2.24) is 0 Å². The van der Waals surface area contributed by atoms with Gasteiger partial charge in [0.1, 0.15) is 0 Å². The van der Waals surface area contributed by atoms with Gasteiger partial charge in [-0.05, 0) is 40.9 Å². The number of carbonyl (C=O) groups is 1. The summed E-state index contributed by atoms with van der Waals surface area (Å²) in [7, 11) is 1.46. The number of esters is 1. The highest BCUT2D eigenvalue weighted by atomic mass is 79.9. The monoisotopic (exact) mass is 297 g/mol. The molecule has 0 radical (unpaired) electrons. The first-order valence-electron chi connectivity index (χ1n) is 5.79. The van der Waals surface area contributed by atoms with Crippen LogP contribution in [0.25, 0.3) is 0 Å². The van der Waals surface area contributed by atoms with Crippen molar-refractivity contribution in [2.24, 2.45) is 5.92 Å². The van der Waals surface area contributed by atoms with E-state index in [9.17, 15) is 4.79 Å². The highest BCUT2D eigenvalue weighted by molar-refractivity contribution is 9.10. The number of nitrogens with zero attached hydrogens (tertiary/aromatic N) is 1. The van der Waals surface area contributed by atoms with Gasteiger partial charge in [-0.15, -0.1) is 0 Å². The van der Waals surface area contributed by atoms with Gasteiger partial charge in [-0.3, -0.25) is 4.79 Å². The molecule has 0 atom stereocenters. The van der Waals surface area contributed by atoms with Gasteiger partial charge in [0.2, 0.25) is 0 Å². The van der Waals surface area contributed by atoms with E-state index in [1.807, 2.05) is 18.2 Å². The molecule has 1 aromatic rings. The van der Waals surface area contributed by atoms with Crippen molar-refractivity contribution < 1.29 is 9.53 Å². The molecule has 17 heavy (non-hydrogen) atoms. The van der Waals surface area contributed by atoms with Gasteiger partial charge in [0.05, 0.1) is 18.7 Å². The van der Waals surface area contributed by atoms with Gasteiger partial charge in [0, 0.05) is 17.6 Å².